The first-order valence-electron chi connectivity index (χ1n) is 9.09. The van der Waals surface area contributed by atoms with Crippen LogP contribution < -0.4 is 5.32 Å². The molecule has 0 fully saturated rings. The van der Waals surface area contributed by atoms with Gasteiger partial charge in [-0.05, 0) is 39.3 Å². The molecule has 3 heteroatoms. The molecule has 1 N–H and O–H groups in total. The van der Waals surface area contributed by atoms with Crippen LogP contribution >= 0.6 is 0 Å². The second kappa shape index (κ2) is 15.1. The van der Waals surface area contributed by atoms with E-state index in [0.717, 1.165) is 13.0 Å². The molecule has 1 unspecified atom stereocenters. The first-order valence-corrected chi connectivity index (χ1v) is 9.09. The highest BCUT2D eigenvalue weighted by Gasteiger charge is 2.10. The SMILES string of the molecule is C=C(C)C(=O)OCCC(CCCCCCCCCC)CNC. The van der Waals surface area contributed by atoms with Gasteiger partial charge in [-0.3, -0.25) is 0 Å². The number of rotatable bonds is 15. The van der Waals surface area contributed by atoms with Gasteiger partial charge in [-0.15, -0.1) is 0 Å². The van der Waals surface area contributed by atoms with E-state index < -0.39 is 0 Å². The summed E-state index contributed by atoms with van der Waals surface area (Å²) >= 11 is 0. The molecule has 0 aromatic carbocycles. The highest BCUT2D eigenvalue weighted by molar-refractivity contribution is 5.86. The van der Waals surface area contributed by atoms with E-state index in [1.165, 1.54) is 57.8 Å². The maximum absolute atomic E-state index is 11.4. The highest BCUT2D eigenvalue weighted by atomic mass is 16.5. The van der Waals surface area contributed by atoms with Crippen molar-refractivity contribution in [2.24, 2.45) is 5.92 Å². The molecule has 0 spiro atoms. The minimum absolute atomic E-state index is 0.268. The largest absolute Gasteiger partial charge is 0.462 e. The molecular formula is C19H37NO2. The molecule has 0 saturated carbocycles. The lowest BCUT2D eigenvalue weighted by Gasteiger charge is -2.16. The predicted molar refractivity (Wildman–Crippen MR) is 95.0 cm³/mol. The second-order valence-electron chi connectivity index (χ2n) is 6.39. The van der Waals surface area contributed by atoms with Crippen LogP contribution in [0.5, 0.6) is 0 Å². The summed E-state index contributed by atoms with van der Waals surface area (Å²) in [4.78, 5) is 11.4. The summed E-state index contributed by atoms with van der Waals surface area (Å²) in [7, 11) is 1.99. The van der Waals surface area contributed by atoms with Crippen molar-refractivity contribution in [3.8, 4) is 0 Å². The van der Waals surface area contributed by atoms with E-state index in [4.69, 9.17) is 4.74 Å². The summed E-state index contributed by atoms with van der Waals surface area (Å²) in [6.07, 6.45) is 13.0. The van der Waals surface area contributed by atoms with E-state index in [0.29, 0.717) is 18.1 Å². The third kappa shape index (κ3) is 12.9. The average Bonchev–Trinajstić information content (AvgIpc) is 2.49. The summed E-state index contributed by atoms with van der Waals surface area (Å²) < 4.78 is 5.20. The third-order valence-electron chi connectivity index (χ3n) is 4.07. The number of nitrogens with one attached hydrogen (secondary N) is 1. The number of hydrogen-bond acceptors (Lipinski definition) is 3. The molecule has 0 aliphatic carbocycles. The summed E-state index contributed by atoms with van der Waals surface area (Å²) in [5.74, 6) is 0.332. The van der Waals surface area contributed by atoms with Crippen LogP contribution in [-0.4, -0.2) is 26.2 Å². The van der Waals surface area contributed by atoms with E-state index in [-0.39, 0.29) is 5.97 Å². The number of esters is 1. The second-order valence-corrected chi connectivity index (χ2v) is 6.39. The Bertz CT molecular complexity index is 289. The number of hydrogen-bond donors (Lipinski definition) is 1. The van der Waals surface area contributed by atoms with Gasteiger partial charge in [0.25, 0.3) is 0 Å². The molecular weight excluding hydrogens is 274 g/mol. The number of ether oxygens (including phenoxy) is 1. The summed E-state index contributed by atoms with van der Waals surface area (Å²) in [6.45, 7) is 9.06. The molecule has 0 radical (unpaired) electrons. The summed E-state index contributed by atoms with van der Waals surface area (Å²) in [5.41, 5.74) is 0.480. The molecule has 0 saturated heterocycles. The Kier molecular flexibility index (Phi) is 14.5. The van der Waals surface area contributed by atoms with Gasteiger partial charge in [0.1, 0.15) is 0 Å². The van der Waals surface area contributed by atoms with Crippen molar-refractivity contribution in [2.75, 3.05) is 20.2 Å². The van der Waals surface area contributed by atoms with Gasteiger partial charge in [-0.1, -0.05) is 64.9 Å². The molecule has 0 amide bonds. The van der Waals surface area contributed by atoms with Crippen LogP contribution in [0.2, 0.25) is 0 Å². The zero-order valence-corrected chi connectivity index (χ0v) is 15.1. The Balaban J connectivity index is 3.63. The predicted octanol–water partition coefficient (Wildman–Crippen LogP) is 4.86. The van der Waals surface area contributed by atoms with E-state index in [1.54, 1.807) is 6.92 Å². The number of carbonyl (C=O) groups excluding carboxylic acids is 1. The van der Waals surface area contributed by atoms with Crippen molar-refractivity contribution in [1.82, 2.24) is 5.32 Å². The van der Waals surface area contributed by atoms with Gasteiger partial charge in [0.2, 0.25) is 0 Å². The Morgan fingerprint density at radius 2 is 1.64 bits per heavy atom. The molecule has 3 nitrogen and oxygen atoms in total. The van der Waals surface area contributed by atoms with Gasteiger partial charge >= 0.3 is 5.97 Å². The zero-order chi connectivity index (χ0) is 16.6. The van der Waals surface area contributed by atoms with Crippen molar-refractivity contribution >= 4 is 5.97 Å². The standard InChI is InChI=1S/C19H37NO2/c1-5-6-7-8-9-10-11-12-13-18(16-20-4)14-15-22-19(21)17(2)3/h18,20H,2,5-16H2,1,3-4H3. The quantitative estimate of drug-likeness (QED) is 0.266. The van der Waals surface area contributed by atoms with E-state index in [1.807, 2.05) is 7.05 Å². The molecule has 0 bridgehead atoms. The van der Waals surface area contributed by atoms with Gasteiger partial charge in [-0.2, -0.15) is 0 Å². The fourth-order valence-corrected chi connectivity index (χ4v) is 2.65. The molecule has 0 heterocycles. The van der Waals surface area contributed by atoms with Crippen LogP contribution in [0, 0.1) is 5.92 Å². The van der Waals surface area contributed by atoms with Gasteiger partial charge in [0.15, 0.2) is 0 Å². The van der Waals surface area contributed by atoms with Crippen LogP contribution in [0.15, 0.2) is 12.2 Å². The Morgan fingerprint density at radius 1 is 1.05 bits per heavy atom. The lowest BCUT2D eigenvalue weighted by atomic mass is 9.97. The highest BCUT2D eigenvalue weighted by Crippen LogP contribution is 2.15. The topological polar surface area (TPSA) is 38.3 Å². The summed E-state index contributed by atoms with van der Waals surface area (Å²) in [5, 5.41) is 3.25. The van der Waals surface area contributed by atoms with Crippen molar-refractivity contribution in [1.29, 1.82) is 0 Å². The van der Waals surface area contributed by atoms with Gasteiger partial charge in [0.05, 0.1) is 6.61 Å². The summed E-state index contributed by atoms with van der Waals surface area (Å²) in [6, 6.07) is 0. The number of unbranched alkanes of at least 4 members (excludes halogenated alkanes) is 7. The molecule has 130 valence electrons. The van der Waals surface area contributed by atoms with Gasteiger partial charge in [-0.25, -0.2) is 4.79 Å². The maximum atomic E-state index is 11.4. The molecule has 22 heavy (non-hydrogen) atoms. The van der Waals surface area contributed by atoms with Crippen LogP contribution in [0.4, 0.5) is 0 Å². The Hall–Kier alpha value is -0.830. The van der Waals surface area contributed by atoms with Crippen LogP contribution in [0.1, 0.15) is 78.1 Å². The molecule has 0 aromatic rings. The lowest BCUT2D eigenvalue weighted by molar-refractivity contribution is -0.139. The maximum Gasteiger partial charge on any atom is 0.333 e. The van der Waals surface area contributed by atoms with Crippen molar-refractivity contribution < 1.29 is 9.53 Å². The first kappa shape index (κ1) is 21.2. The Labute approximate surface area is 137 Å². The van der Waals surface area contributed by atoms with Crippen LogP contribution in [-0.2, 0) is 9.53 Å². The molecule has 0 aromatic heterocycles. The smallest absolute Gasteiger partial charge is 0.333 e. The molecule has 0 aliphatic heterocycles. The average molecular weight is 312 g/mol. The third-order valence-corrected chi connectivity index (χ3v) is 4.07. The first-order chi connectivity index (χ1) is 10.6. The monoisotopic (exact) mass is 311 g/mol. The van der Waals surface area contributed by atoms with Crippen molar-refractivity contribution in [2.45, 2.75) is 78.1 Å². The van der Waals surface area contributed by atoms with Gasteiger partial charge in [0, 0.05) is 5.57 Å². The minimum Gasteiger partial charge on any atom is -0.462 e. The fraction of sp³-hybridized carbons (Fsp3) is 0.842. The van der Waals surface area contributed by atoms with E-state index in [2.05, 4.69) is 18.8 Å². The van der Waals surface area contributed by atoms with E-state index >= 15 is 0 Å². The van der Waals surface area contributed by atoms with Crippen molar-refractivity contribution in [3.05, 3.63) is 12.2 Å². The van der Waals surface area contributed by atoms with E-state index in [9.17, 15) is 4.79 Å². The molecule has 1 atom stereocenters. The fourth-order valence-electron chi connectivity index (χ4n) is 2.65. The lowest BCUT2D eigenvalue weighted by Crippen LogP contribution is -2.21. The molecule has 0 aliphatic rings. The number of carbonyl (C=O) groups is 1. The zero-order valence-electron chi connectivity index (χ0n) is 15.1. The normalized spacial score (nSPS) is 12.1. The minimum atomic E-state index is -0.268. The van der Waals surface area contributed by atoms with Crippen molar-refractivity contribution in [3.63, 3.8) is 0 Å². The van der Waals surface area contributed by atoms with Crippen LogP contribution in [0.25, 0.3) is 0 Å². The van der Waals surface area contributed by atoms with Gasteiger partial charge < -0.3 is 10.1 Å². The van der Waals surface area contributed by atoms with Crippen LogP contribution in [0.3, 0.4) is 0 Å². The molecule has 0 rings (SSSR count). The Morgan fingerprint density at radius 3 is 2.18 bits per heavy atom.